The van der Waals surface area contributed by atoms with Gasteiger partial charge in [0, 0.05) is 24.3 Å². The Morgan fingerprint density at radius 1 is 1.29 bits per heavy atom. The molecule has 0 saturated carbocycles. The molecule has 21 heavy (non-hydrogen) atoms. The van der Waals surface area contributed by atoms with Crippen LogP contribution < -0.4 is 5.32 Å². The van der Waals surface area contributed by atoms with E-state index in [0.29, 0.717) is 6.54 Å². The highest BCUT2D eigenvalue weighted by Crippen LogP contribution is 2.37. The van der Waals surface area contributed by atoms with E-state index in [-0.39, 0.29) is 10.9 Å². The number of hydrogen-bond donors (Lipinski definition) is 1. The summed E-state index contributed by atoms with van der Waals surface area (Å²) < 4.78 is 0. The molecular weight excluding hydrogens is 352 g/mol. The Morgan fingerprint density at radius 2 is 2.05 bits per heavy atom. The fraction of sp³-hybridized carbons (Fsp3) is 0.188. The Bertz CT molecular complexity index is 704. The molecule has 2 amide bonds. The fourth-order valence-electron chi connectivity index (χ4n) is 2.42. The standard InChI is InChI=1S/C16H14BrClN2O/c1-20-9-11-8-10(6-7-14(11)19-16(20)21)15(17)12-4-2-3-5-13(12)18/h2-8,15H,9H2,1H3,(H,19,21). The van der Waals surface area contributed by atoms with Crippen LogP contribution in [-0.4, -0.2) is 18.0 Å². The lowest BCUT2D eigenvalue weighted by molar-refractivity contribution is 0.218. The highest BCUT2D eigenvalue weighted by Gasteiger charge is 2.21. The second kappa shape index (κ2) is 5.70. The van der Waals surface area contributed by atoms with Gasteiger partial charge in [0.25, 0.3) is 0 Å². The van der Waals surface area contributed by atoms with Crippen LogP contribution in [0.2, 0.25) is 5.02 Å². The molecular formula is C16H14BrClN2O. The minimum atomic E-state index is -0.0725. The molecule has 1 aliphatic heterocycles. The van der Waals surface area contributed by atoms with Crippen LogP contribution in [0, 0.1) is 0 Å². The van der Waals surface area contributed by atoms with Gasteiger partial charge in [-0.2, -0.15) is 0 Å². The van der Waals surface area contributed by atoms with Crippen LogP contribution in [0.3, 0.4) is 0 Å². The van der Waals surface area contributed by atoms with E-state index in [1.165, 1.54) is 0 Å². The number of fused-ring (bicyclic) bond motifs is 1. The first-order valence-corrected chi connectivity index (χ1v) is 7.89. The van der Waals surface area contributed by atoms with Crippen LogP contribution >= 0.6 is 27.5 Å². The van der Waals surface area contributed by atoms with E-state index in [1.54, 1.807) is 11.9 Å². The zero-order chi connectivity index (χ0) is 15.0. The summed E-state index contributed by atoms with van der Waals surface area (Å²) in [6.45, 7) is 0.608. The van der Waals surface area contributed by atoms with Gasteiger partial charge in [-0.3, -0.25) is 0 Å². The normalized spacial score (nSPS) is 15.4. The quantitative estimate of drug-likeness (QED) is 0.762. The molecule has 0 spiro atoms. The maximum absolute atomic E-state index is 11.6. The molecule has 1 unspecified atom stereocenters. The van der Waals surface area contributed by atoms with E-state index >= 15 is 0 Å². The summed E-state index contributed by atoms with van der Waals surface area (Å²) in [6, 6.07) is 13.8. The summed E-state index contributed by atoms with van der Waals surface area (Å²) in [5, 5.41) is 3.61. The van der Waals surface area contributed by atoms with Crippen molar-refractivity contribution in [3.8, 4) is 0 Å². The van der Waals surface area contributed by atoms with Crippen molar-refractivity contribution in [1.29, 1.82) is 0 Å². The first-order valence-electron chi connectivity index (χ1n) is 6.59. The van der Waals surface area contributed by atoms with Crippen LogP contribution in [0.15, 0.2) is 42.5 Å². The van der Waals surface area contributed by atoms with Gasteiger partial charge in [-0.1, -0.05) is 57.9 Å². The Labute approximate surface area is 137 Å². The third-order valence-corrected chi connectivity index (χ3v) is 4.96. The summed E-state index contributed by atoms with van der Waals surface area (Å²) in [4.78, 5) is 13.3. The number of amides is 2. The molecule has 0 radical (unpaired) electrons. The monoisotopic (exact) mass is 364 g/mol. The van der Waals surface area contributed by atoms with E-state index in [0.717, 1.165) is 27.4 Å². The number of nitrogens with one attached hydrogen (secondary N) is 1. The molecule has 2 aromatic rings. The van der Waals surface area contributed by atoms with Gasteiger partial charge < -0.3 is 10.2 Å². The topological polar surface area (TPSA) is 32.3 Å². The summed E-state index contributed by atoms with van der Waals surface area (Å²) in [7, 11) is 1.78. The Balaban J connectivity index is 1.96. The summed E-state index contributed by atoms with van der Waals surface area (Å²) >= 11 is 9.97. The van der Waals surface area contributed by atoms with Gasteiger partial charge in [0.2, 0.25) is 0 Å². The summed E-state index contributed by atoms with van der Waals surface area (Å²) in [6.07, 6.45) is 0. The minimum absolute atomic E-state index is 0.0273. The third kappa shape index (κ3) is 2.78. The molecule has 0 aromatic heterocycles. The second-order valence-electron chi connectivity index (χ2n) is 5.09. The molecule has 1 aliphatic rings. The van der Waals surface area contributed by atoms with Gasteiger partial charge in [0.1, 0.15) is 0 Å². The lowest BCUT2D eigenvalue weighted by atomic mass is 10.0. The second-order valence-corrected chi connectivity index (χ2v) is 6.41. The number of nitrogens with zero attached hydrogens (tertiary/aromatic N) is 1. The Kier molecular flexibility index (Phi) is 3.91. The highest BCUT2D eigenvalue weighted by atomic mass is 79.9. The average Bonchev–Trinajstić information content (AvgIpc) is 2.48. The van der Waals surface area contributed by atoms with E-state index in [2.05, 4.69) is 27.3 Å². The van der Waals surface area contributed by atoms with Crippen molar-refractivity contribution in [3.05, 3.63) is 64.2 Å². The van der Waals surface area contributed by atoms with E-state index < -0.39 is 0 Å². The molecule has 1 N–H and O–H groups in total. The SMILES string of the molecule is CN1Cc2cc(C(Br)c3ccccc3Cl)ccc2NC1=O. The van der Waals surface area contributed by atoms with Gasteiger partial charge >= 0.3 is 6.03 Å². The van der Waals surface area contributed by atoms with Crippen LogP contribution in [0.25, 0.3) is 0 Å². The van der Waals surface area contributed by atoms with Crippen molar-refractivity contribution < 1.29 is 4.79 Å². The molecule has 0 fully saturated rings. The van der Waals surface area contributed by atoms with Crippen LogP contribution in [0.1, 0.15) is 21.5 Å². The van der Waals surface area contributed by atoms with E-state index in [9.17, 15) is 4.79 Å². The van der Waals surface area contributed by atoms with Gasteiger partial charge in [0.15, 0.2) is 0 Å². The van der Waals surface area contributed by atoms with Gasteiger partial charge in [-0.05, 0) is 28.8 Å². The predicted octanol–water partition coefficient (Wildman–Crippen LogP) is 4.80. The fourth-order valence-corrected chi connectivity index (χ4v) is 3.48. The van der Waals surface area contributed by atoms with Crippen LogP contribution in [0.4, 0.5) is 10.5 Å². The summed E-state index contributed by atoms with van der Waals surface area (Å²) in [5.74, 6) is 0. The lowest BCUT2D eigenvalue weighted by Gasteiger charge is -2.27. The van der Waals surface area contributed by atoms with Crippen LogP contribution in [0.5, 0.6) is 0 Å². The largest absolute Gasteiger partial charge is 0.323 e. The van der Waals surface area contributed by atoms with E-state index in [4.69, 9.17) is 11.6 Å². The van der Waals surface area contributed by atoms with Crippen molar-refractivity contribution in [2.45, 2.75) is 11.4 Å². The van der Waals surface area contributed by atoms with Crippen LogP contribution in [-0.2, 0) is 6.54 Å². The minimum Gasteiger partial charge on any atom is -0.323 e. The van der Waals surface area contributed by atoms with Gasteiger partial charge in [-0.25, -0.2) is 4.79 Å². The molecule has 5 heteroatoms. The number of carbonyl (C=O) groups excluding carboxylic acids is 1. The molecule has 1 atom stereocenters. The first-order chi connectivity index (χ1) is 10.1. The maximum atomic E-state index is 11.6. The number of benzene rings is 2. The van der Waals surface area contributed by atoms with Gasteiger partial charge in [0.05, 0.1) is 4.83 Å². The molecule has 0 bridgehead atoms. The van der Waals surface area contributed by atoms with Crippen molar-refractivity contribution in [2.75, 3.05) is 12.4 Å². The molecule has 0 aliphatic carbocycles. The lowest BCUT2D eigenvalue weighted by Crippen LogP contribution is -2.35. The molecule has 2 aromatic carbocycles. The molecule has 108 valence electrons. The van der Waals surface area contributed by atoms with Crippen molar-refractivity contribution >= 4 is 39.2 Å². The number of rotatable bonds is 2. The average molecular weight is 366 g/mol. The number of urea groups is 1. The number of alkyl halides is 1. The Hall–Kier alpha value is -1.52. The van der Waals surface area contributed by atoms with Crippen molar-refractivity contribution in [1.82, 2.24) is 4.90 Å². The predicted molar refractivity (Wildman–Crippen MR) is 89.1 cm³/mol. The molecule has 3 nitrogen and oxygen atoms in total. The molecule has 3 rings (SSSR count). The van der Waals surface area contributed by atoms with Crippen molar-refractivity contribution in [3.63, 3.8) is 0 Å². The van der Waals surface area contributed by atoms with E-state index in [1.807, 2.05) is 36.4 Å². The maximum Gasteiger partial charge on any atom is 0.321 e. The first kappa shape index (κ1) is 14.4. The highest BCUT2D eigenvalue weighted by molar-refractivity contribution is 9.09. The number of anilines is 1. The summed E-state index contributed by atoms with van der Waals surface area (Å²) in [5.41, 5.74) is 4.13. The smallest absolute Gasteiger partial charge is 0.321 e. The number of carbonyl (C=O) groups is 1. The molecule has 1 heterocycles. The number of hydrogen-bond acceptors (Lipinski definition) is 1. The Morgan fingerprint density at radius 3 is 2.81 bits per heavy atom. The molecule has 0 saturated heterocycles. The van der Waals surface area contributed by atoms with Gasteiger partial charge in [-0.15, -0.1) is 0 Å². The zero-order valence-corrected chi connectivity index (χ0v) is 13.8. The van der Waals surface area contributed by atoms with Crippen molar-refractivity contribution in [2.24, 2.45) is 0 Å². The zero-order valence-electron chi connectivity index (χ0n) is 11.4. The number of halogens is 2. The third-order valence-electron chi connectivity index (χ3n) is 3.60.